The summed E-state index contributed by atoms with van der Waals surface area (Å²) < 4.78 is 15.7. The largest absolute Gasteiger partial charge is 0.459 e. The van der Waals surface area contributed by atoms with Crippen LogP contribution in [-0.4, -0.2) is 42.1 Å². The number of carbonyl (C=O) groups excluding carboxylic acids is 2. The molecule has 0 radical (unpaired) electrons. The molecule has 1 N–H and O–H groups in total. The minimum Gasteiger partial charge on any atom is -0.459 e. The van der Waals surface area contributed by atoms with Crippen LogP contribution in [0.25, 0.3) is 0 Å². The van der Waals surface area contributed by atoms with E-state index in [0.717, 1.165) is 18.9 Å². The van der Waals surface area contributed by atoms with Gasteiger partial charge in [0.2, 0.25) is 0 Å². The summed E-state index contributed by atoms with van der Waals surface area (Å²) in [4.78, 5) is 23.3. The second-order valence-corrected chi connectivity index (χ2v) is 5.55. The highest BCUT2D eigenvalue weighted by molar-refractivity contribution is 5.81. The standard InChI is InChI=1S/C16H26O6/c1-4-6-7-20-11(3)21-16(19)12-8-13(17)10-14(9-12)22-15(18)5-2/h5,11-14,17H,2,4,6-10H2,1,3H3. The van der Waals surface area contributed by atoms with Crippen molar-refractivity contribution in [1.82, 2.24) is 0 Å². The molecule has 0 bridgehead atoms. The first-order valence-electron chi connectivity index (χ1n) is 7.79. The second-order valence-electron chi connectivity index (χ2n) is 5.55. The second kappa shape index (κ2) is 9.58. The molecule has 22 heavy (non-hydrogen) atoms. The number of esters is 2. The maximum atomic E-state index is 12.1. The Bertz CT molecular complexity index is 381. The smallest absolute Gasteiger partial charge is 0.330 e. The lowest BCUT2D eigenvalue weighted by Gasteiger charge is -2.31. The van der Waals surface area contributed by atoms with E-state index in [0.29, 0.717) is 25.9 Å². The van der Waals surface area contributed by atoms with Gasteiger partial charge in [-0.15, -0.1) is 0 Å². The van der Waals surface area contributed by atoms with Crippen molar-refractivity contribution in [2.75, 3.05) is 6.61 Å². The van der Waals surface area contributed by atoms with Gasteiger partial charge < -0.3 is 19.3 Å². The molecule has 1 aliphatic carbocycles. The van der Waals surface area contributed by atoms with Gasteiger partial charge in [-0.1, -0.05) is 19.9 Å². The number of carbonyl (C=O) groups is 2. The van der Waals surface area contributed by atoms with Gasteiger partial charge in [0, 0.05) is 12.5 Å². The molecule has 4 atom stereocenters. The molecule has 0 spiro atoms. The zero-order valence-electron chi connectivity index (χ0n) is 13.3. The van der Waals surface area contributed by atoms with Crippen molar-refractivity contribution in [3.8, 4) is 0 Å². The Labute approximate surface area is 131 Å². The molecule has 4 unspecified atom stereocenters. The minimum absolute atomic E-state index is 0.308. The molecule has 1 fully saturated rings. The van der Waals surface area contributed by atoms with Gasteiger partial charge in [0.1, 0.15) is 6.10 Å². The van der Waals surface area contributed by atoms with Gasteiger partial charge in [-0.25, -0.2) is 4.79 Å². The summed E-state index contributed by atoms with van der Waals surface area (Å²) in [7, 11) is 0. The van der Waals surface area contributed by atoms with Crippen LogP contribution in [0.3, 0.4) is 0 Å². The SMILES string of the molecule is C=CC(=O)OC1CC(O)CC(C(=O)OC(C)OCCCC)C1. The molecule has 1 saturated carbocycles. The van der Waals surface area contributed by atoms with Gasteiger partial charge in [0.15, 0.2) is 6.29 Å². The predicted octanol–water partition coefficient (Wildman–Crippen LogP) is 1.95. The minimum atomic E-state index is -0.690. The lowest BCUT2D eigenvalue weighted by molar-refractivity contribution is -0.184. The van der Waals surface area contributed by atoms with E-state index in [-0.39, 0.29) is 0 Å². The maximum absolute atomic E-state index is 12.1. The average Bonchev–Trinajstić information content (AvgIpc) is 2.46. The Morgan fingerprint density at radius 1 is 1.36 bits per heavy atom. The Balaban J connectivity index is 2.46. The first-order valence-corrected chi connectivity index (χ1v) is 7.79. The van der Waals surface area contributed by atoms with Gasteiger partial charge >= 0.3 is 11.9 Å². The van der Waals surface area contributed by atoms with Crippen molar-refractivity contribution in [1.29, 1.82) is 0 Å². The van der Waals surface area contributed by atoms with Crippen molar-refractivity contribution in [2.45, 2.75) is 64.4 Å². The lowest BCUT2D eigenvalue weighted by atomic mass is 9.85. The van der Waals surface area contributed by atoms with Gasteiger partial charge in [0.05, 0.1) is 18.6 Å². The molecule has 6 heteroatoms. The molecule has 1 aliphatic rings. The normalized spacial score (nSPS) is 26.0. The molecular weight excluding hydrogens is 288 g/mol. The summed E-state index contributed by atoms with van der Waals surface area (Å²) >= 11 is 0. The molecular formula is C16H26O6. The molecule has 6 nitrogen and oxygen atoms in total. The molecule has 1 rings (SSSR count). The third-order valence-electron chi connectivity index (χ3n) is 3.55. The van der Waals surface area contributed by atoms with E-state index in [2.05, 4.69) is 6.58 Å². The fourth-order valence-corrected chi connectivity index (χ4v) is 2.43. The third kappa shape index (κ3) is 6.58. The number of aliphatic hydroxyl groups is 1. The van der Waals surface area contributed by atoms with Gasteiger partial charge in [-0.3, -0.25) is 4.79 Å². The van der Waals surface area contributed by atoms with Crippen molar-refractivity contribution in [3.63, 3.8) is 0 Å². The summed E-state index contributed by atoms with van der Waals surface area (Å²) in [6.45, 7) is 7.59. The highest BCUT2D eigenvalue weighted by Gasteiger charge is 2.35. The Morgan fingerprint density at radius 2 is 2.09 bits per heavy atom. The Morgan fingerprint density at radius 3 is 2.73 bits per heavy atom. The maximum Gasteiger partial charge on any atom is 0.330 e. The highest BCUT2D eigenvalue weighted by Crippen LogP contribution is 2.28. The summed E-state index contributed by atoms with van der Waals surface area (Å²) in [6.07, 6.45) is 2.15. The van der Waals surface area contributed by atoms with Crippen LogP contribution in [0.15, 0.2) is 12.7 Å². The molecule has 0 aromatic heterocycles. The topological polar surface area (TPSA) is 82.1 Å². The molecule has 0 amide bonds. The van der Waals surface area contributed by atoms with Crippen LogP contribution >= 0.6 is 0 Å². The molecule has 0 heterocycles. The first kappa shape index (κ1) is 18.6. The Kier molecular flexibility index (Phi) is 8.12. The van der Waals surface area contributed by atoms with Crippen molar-refractivity contribution in [2.24, 2.45) is 5.92 Å². The molecule has 0 saturated heterocycles. The zero-order chi connectivity index (χ0) is 16.5. The first-order chi connectivity index (χ1) is 10.5. The Hall–Kier alpha value is -1.40. The van der Waals surface area contributed by atoms with Gasteiger partial charge in [-0.05, 0) is 26.2 Å². The van der Waals surface area contributed by atoms with E-state index in [1.54, 1.807) is 6.92 Å². The van der Waals surface area contributed by atoms with E-state index in [9.17, 15) is 14.7 Å². The van der Waals surface area contributed by atoms with Crippen LogP contribution < -0.4 is 0 Å². The van der Waals surface area contributed by atoms with Gasteiger partial charge in [0.25, 0.3) is 0 Å². The molecule has 126 valence electrons. The van der Waals surface area contributed by atoms with E-state index >= 15 is 0 Å². The summed E-state index contributed by atoms with van der Waals surface area (Å²) in [5, 5.41) is 9.84. The van der Waals surface area contributed by atoms with E-state index in [1.165, 1.54) is 0 Å². The predicted molar refractivity (Wildman–Crippen MR) is 79.8 cm³/mol. The van der Waals surface area contributed by atoms with E-state index < -0.39 is 36.4 Å². The fourth-order valence-electron chi connectivity index (χ4n) is 2.43. The zero-order valence-corrected chi connectivity index (χ0v) is 13.3. The average molecular weight is 314 g/mol. The van der Waals surface area contributed by atoms with Crippen LogP contribution in [0.4, 0.5) is 0 Å². The van der Waals surface area contributed by atoms with Crippen LogP contribution in [0.1, 0.15) is 46.0 Å². The lowest BCUT2D eigenvalue weighted by Crippen LogP contribution is -2.37. The summed E-state index contributed by atoms with van der Waals surface area (Å²) in [5.74, 6) is -1.48. The number of hydrogen-bond acceptors (Lipinski definition) is 6. The monoisotopic (exact) mass is 314 g/mol. The number of hydrogen-bond donors (Lipinski definition) is 1. The number of aliphatic hydroxyl groups excluding tert-OH is 1. The summed E-state index contributed by atoms with van der Waals surface area (Å²) in [5.41, 5.74) is 0. The number of rotatable bonds is 8. The van der Waals surface area contributed by atoms with Crippen LogP contribution in [0, 0.1) is 5.92 Å². The van der Waals surface area contributed by atoms with E-state index in [1.807, 2.05) is 6.92 Å². The van der Waals surface area contributed by atoms with Crippen LogP contribution in [-0.2, 0) is 23.8 Å². The van der Waals surface area contributed by atoms with Crippen molar-refractivity contribution in [3.05, 3.63) is 12.7 Å². The van der Waals surface area contributed by atoms with Gasteiger partial charge in [-0.2, -0.15) is 0 Å². The van der Waals surface area contributed by atoms with Crippen molar-refractivity contribution < 1.29 is 28.9 Å². The van der Waals surface area contributed by atoms with Crippen LogP contribution in [0.5, 0.6) is 0 Å². The highest BCUT2D eigenvalue weighted by atomic mass is 16.7. The summed E-state index contributed by atoms with van der Waals surface area (Å²) in [6, 6.07) is 0. The molecule has 0 aliphatic heterocycles. The van der Waals surface area contributed by atoms with Crippen LogP contribution in [0.2, 0.25) is 0 Å². The number of unbranched alkanes of at least 4 members (excludes halogenated alkanes) is 1. The fraction of sp³-hybridized carbons (Fsp3) is 0.750. The molecule has 0 aromatic rings. The quantitative estimate of drug-likeness (QED) is 0.319. The third-order valence-corrected chi connectivity index (χ3v) is 3.55. The molecule has 0 aromatic carbocycles. The van der Waals surface area contributed by atoms with E-state index in [4.69, 9.17) is 14.2 Å². The van der Waals surface area contributed by atoms with Crippen molar-refractivity contribution >= 4 is 11.9 Å². The number of ether oxygens (including phenoxy) is 3.